The maximum absolute atomic E-state index is 11.1. The lowest BCUT2D eigenvalue weighted by atomic mass is 10.1. The van der Waals surface area contributed by atoms with E-state index in [1.807, 2.05) is 6.92 Å². The van der Waals surface area contributed by atoms with Crippen molar-refractivity contribution in [3.8, 4) is 0 Å². The van der Waals surface area contributed by atoms with Gasteiger partial charge in [0.25, 0.3) is 0 Å². The maximum Gasteiger partial charge on any atom is 0.150 e. The van der Waals surface area contributed by atoms with Crippen LogP contribution >= 0.6 is 11.6 Å². The summed E-state index contributed by atoms with van der Waals surface area (Å²) in [6, 6.07) is 0. The average molecular weight is 213 g/mol. The van der Waals surface area contributed by atoms with Crippen LogP contribution in [0.5, 0.6) is 0 Å². The van der Waals surface area contributed by atoms with Gasteiger partial charge in [-0.2, -0.15) is 0 Å². The molecule has 0 bridgehead atoms. The molecule has 0 aromatic carbocycles. The summed E-state index contributed by atoms with van der Waals surface area (Å²) in [7, 11) is -2.79. The largest absolute Gasteiger partial charge is 0.229 e. The molecule has 0 amide bonds. The van der Waals surface area contributed by atoms with Crippen LogP contribution < -0.4 is 0 Å². The van der Waals surface area contributed by atoms with E-state index in [-0.39, 0.29) is 11.5 Å². The lowest BCUT2D eigenvalue weighted by Gasteiger charge is -2.09. The molecule has 0 saturated heterocycles. The Morgan fingerprint density at radius 3 is 2.25 bits per heavy atom. The van der Waals surface area contributed by atoms with Gasteiger partial charge in [0.1, 0.15) is 9.84 Å². The quantitative estimate of drug-likeness (QED) is 0.632. The highest BCUT2D eigenvalue weighted by Gasteiger charge is 2.11. The highest BCUT2D eigenvalue weighted by atomic mass is 35.5. The third-order valence-corrected chi connectivity index (χ3v) is 4.25. The van der Waals surface area contributed by atoms with E-state index in [0.29, 0.717) is 18.2 Å². The third-order valence-electron chi connectivity index (χ3n) is 2.07. The van der Waals surface area contributed by atoms with Crippen molar-refractivity contribution in [1.29, 1.82) is 0 Å². The predicted octanol–water partition coefficient (Wildman–Crippen LogP) is 2.08. The zero-order valence-electron chi connectivity index (χ0n) is 7.72. The van der Waals surface area contributed by atoms with Gasteiger partial charge in [-0.1, -0.05) is 20.3 Å². The van der Waals surface area contributed by atoms with E-state index >= 15 is 0 Å². The van der Waals surface area contributed by atoms with Crippen molar-refractivity contribution in [3.63, 3.8) is 0 Å². The van der Waals surface area contributed by atoms with Gasteiger partial charge in [0.2, 0.25) is 0 Å². The molecule has 0 aromatic rings. The summed E-state index contributed by atoms with van der Waals surface area (Å²) in [5.74, 6) is 1.45. The van der Waals surface area contributed by atoms with Crippen LogP contribution in [0.15, 0.2) is 0 Å². The second-order valence-electron chi connectivity index (χ2n) is 2.95. The Morgan fingerprint density at radius 2 is 1.92 bits per heavy atom. The van der Waals surface area contributed by atoms with Gasteiger partial charge in [0.15, 0.2) is 0 Å². The molecule has 0 spiro atoms. The molecule has 0 aliphatic heterocycles. The molecule has 0 aliphatic carbocycles. The van der Waals surface area contributed by atoms with Crippen LogP contribution in [0.4, 0.5) is 0 Å². The lowest BCUT2D eigenvalue weighted by molar-refractivity contribution is 0.537. The first-order valence-electron chi connectivity index (χ1n) is 4.32. The van der Waals surface area contributed by atoms with Gasteiger partial charge >= 0.3 is 0 Å². The molecule has 0 saturated carbocycles. The number of rotatable bonds is 6. The summed E-state index contributed by atoms with van der Waals surface area (Å²) < 4.78 is 22.2. The molecule has 0 heterocycles. The Bertz CT molecular complexity index is 195. The first kappa shape index (κ1) is 12.2. The fourth-order valence-electron chi connectivity index (χ4n) is 0.881. The minimum atomic E-state index is -2.79. The van der Waals surface area contributed by atoms with Crippen LogP contribution in [0, 0.1) is 5.92 Å². The van der Waals surface area contributed by atoms with E-state index in [1.54, 1.807) is 6.92 Å². The van der Waals surface area contributed by atoms with Crippen LogP contribution in [0.3, 0.4) is 0 Å². The number of alkyl halides is 1. The molecule has 0 N–H and O–H groups in total. The van der Waals surface area contributed by atoms with Gasteiger partial charge in [0, 0.05) is 11.6 Å². The van der Waals surface area contributed by atoms with Gasteiger partial charge in [0.05, 0.1) is 5.75 Å². The van der Waals surface area contributed by atoms with E-state index in [2.05, 4.69) is 0 Å². The highest BCUT2D eigenvalue weighted by Crippen LogP contribution is 2.11. The minimum absolute atomic E-state index is 0.242. The average Bonchev–Trinajstić information content (AvgIpc) is 2.06. The van der Waals surface area contributed by atoms with E-state index < -0.39 is 9.84 Å². The molecule has 4 heteroatoms. The van der Waals surface area contributed by atoms with Crippen molar-refractivity contribution in [2.24, 2.45) is 5.92 Å². The number of halogens is 1. The van der Waals surface area contributed by atoms with Crippen LogP contribution in [0.25, 0.3) is 0 Å². The zero-order valence-corrected chi connectivity index (χ0v) is 9.29. The maximum atomic E-state index is 11.1. The Balaban J connectivity index is 3.81. The predicted molar refractivity (Wildman–Crippen MR) is 53.4 cm³/mol. The van der Waals surface area contributed by atoms with E-state index in [0.717, 1.165) is 6.42 Å². The molecule has 0 aromatic heterocycles. The Hall–Kier alpha value is 0.240. The standard InChI is InChI=1S/C8H17ClO2S/c1-3-8(7-9)5-6-12(10,11)4-2/h8H,3-7H2,1-2H3. The summed E-state index contributed by atoms with van der Waals surface area (Å²) in [4.78, 5) is 0. The molecule has 12 heavy (non-hydrogen) atoms. The molecule has 0 rings (SSSR count). The topological polar surface area (TPSA) is 34.1 Å². The highest BCUT2D eigenvalue weighted by molar-refractivity contribution is 7.91. The molecule has 1 atom stereocenters. The summed E-state index contributed by atoms with van der Waals surface area (Å²) in [5.41, 5.74) is 0. The molecule has 74 valence electrons. The normalized spacial score (nSPS) is 14.6. The van der Waals surface area contributed by atoms with Crippen LogP contribution in [0.2, 0.25) is 0 Å². The Kier molecular flexibility index (Phi) is 5.93. The fourth-order valence-corrected chi connectivity index (χ4v) is 2.23. The molecule has 0 radical (unpaired) electrons. The van der Waals surface area contributed by atoms with Crippen molar-refractivity contribution in [1.82, 2.24) is 0 Å². The van der Waals surface area contributed by atoms with Crippen molar-refractivity contribution in [3.05, 3.63) is 0 Å². The molecule has 1 unspecified atom stereocenters. The van der Waals surface area contributed by atoms with Crippen LogP contribution in [-0.2, 0) is 9.84 Å². The van der Waals surface area contributed by atoms with Crippen LogP contribution in [0.1, 0.15) is 26.7 Å². The molecule has 0 fully saturated rings. The van der Waals surface area contributed by atoms with E-state index in [1.165, 1.54) is 0 Å². The van der Waals surface area contributed by atoms with Crippen molar-refractivity contribution in [2.75, 3.05) is 17.4 Å². The van der Waals surface area contributed by atoms with Crippen molar-refractivity contribution in [2.45, 2.75) is 26.7 Å². The van der Waals surface area contributed by atoms with Gasteiger partial charge in [-0.15, -0.1) is 11.6 Å². The second kappa shape index (κ2) is 5.81. The summed E-state index contributed by atoms with van der Waals surface area (Å²) in [5, 5.41) is 0. The first-order chi connectivity index (χ1) is 5.55. The Labute approximate surface area is 80.2 Å². The number of sulfone groups is 1. The monoisotopic (exact) mass is 212 g/mol. The molecule has 0 aliphatic rings. The van der Waals surface area contributed by atoms with Gasteiger partial charge in [-0.3, -0.25) is 0 Å². The minimum Gasteiger partial charge on any atom is -0.229 e. The molecule has 2 nitrogen and oxygen atoms in total. The summed E-state index contributed by atoms with van der Waals surface area (Å²) in [6.45, 7) is 3.71. The summed E-state index contributed by atoms with van der Waals surface area (Å²) in [6.07, 6.45) is 1.67. The lowest BCUT2D eigenvalue weighted by Crippen LogP contribution is -2.13. The third kappa shape index (κ3) is 4.99. The number of hydrogen-bond donors (Lipinski definition) is 0. The Morgan fingerprint density at radius 1 is 1.33 bits per heavy atom. The second-order valence-corrected chi connectivity index (χ2v) is 5.73. The van der Waals surface area contributed by atoms with Gasteiger partial charge in [-0.05, 0) is 12.3 Å². The van der Waals surface area contributed by atoms with Crippen molar-refractivity contribution >= 4 is 21.4 Å². The van der Waals surface area contributed by atoms with E-state index in [4.69, 9.17) is 11.6 Å². The van der Waals surface area contributed by atoms with Crippen LogP contribution in [-0.4, -0.2) is 25.8 Å². The fraction of sp³-hybridized carbons (Fsp3) is 1.00. The molecular formula is C8H17ClO2S. The molecular weight excluding hydrogens is 196 g/mol. The SMILES string of the molecule is CCC(CCl)CCS(=O)(=O)CC. The van der Waals surface area contributed by atoms with Gasteiger partial charge < -0.3 is 0 Å². The zero-order chi connectivity index (χ0) is 9.61. The van der Waals surface area contributed by atoms with Gasteiger partial charge in [-0.25, -0.2) is 8.42 Å². The first-order valence-corrected chi connectivity index (χ1v) is 6.67. The van der Waals surface area contributed by atoms with Crippen molar-refractivity contribution < 1.29 is 8.42 Å². The van der Waals surface area contributed by atoms with E-state index in [9.17, 15) is 8.42 Å². The smallest absolute Gasteiger partial charge is 0.150 e. The number of hydrogen-bond acceptors (Lipinski definition) is 2. The summed E-state index contributed by atoms with van der Waals surface area (Å²) >= 11 is 5.64.